The largest absolute Gasteiger partial charge is 0.343 e. The first-order chi connectivity index (χ1) is 7.95. The Hall–Kier alpha value is -1.70. The minimum absolute atomic E-state index is 0.00752. The van der Waals surface area contributed by atoms with Crippen molar-refractivity contribution in [1.82, 2.24) is 9.88 Å². The van der Waals surface area contributed by atoms with Gasteiger partial charge in [0.1, 0.15) is 0 Å². The van der Waals surface area contributed by atoms with Gasteiger partial charge in [-0.05, 0) is 32.1 Å². The van der Waals surface area contributed by atoms with Gasteiger partial charge in [-0.3, -0.25) is 10.1 Å². The van der Waals surface area contributed by atoms with E-state index >= 15 is 0 Å². The van der Waals surface area contributed by atoms with Crippen LogP contribution in [-0.4, -0.2) is 22.1 Å². The van der Waals surface area contributed by atoms with E-state index in [0.717, 1.165) is 11.3 Å². The Bertz CT molecular complexity index is 489. The molecule has 0 aliphatic carbocycles. The van der Waals surface area contributed by atoms with Gasteiger partial charge in [0.25, 0.3) is 0 Å². The van der Waals surface area contributed by atoms with Crippen LogP contribution in [0.25, 0.3) is 0 Å². The molecule has 7 nitrogen and oxygen atoms in total. The molecule has 17 heavy (non-hydrogen) atoms. The first kappa shape index (κ1) is 13.4. The van der Waals surface area contributed by atoms with E-state index in [1.54, 1.807) is 11.5 Å². The van der Waals surface area contributed by atoms with Crippen LogP contribution in [0.15, 0.2) is 11.2 Å². The van der Waals surface area contributed by atoms with Crippen molar-refractivity contribution in [3.05, 3.63) is 21.1 Å². The van der Waals surface area contributed by atoms with Crippen molar-refractivity contribution in [2.24, 2.45) is 4.99 Å². The highest BCUT2D eigenvalue weighted by Crippen LogP contribution is 2.16. The van der Waals surface area contributed by atoms with Crippen LogP contribution in [0.1, 0.15) is 26.8 Å². The average molecular weight is 258 g/mol. The molecule has 1 heterocycles. The van der Waals surface area contributed by atoms with E-state index in [4.69, 9.17) is 0 Å². The third kappa shape index (κ3) is 3.38. The molecule has 1 aromatic heterocycles. The fraction of sp³-hybridized carbons (Fsp3) is 0.556. The molecule has 0 aliphatic rings. The Morgan fingerprint density at radius 2 is 2.35 bits per heavy atom. The second kappa shape index (κ2) is 5.58. The highest BCUT2D eigenvalue weighted by Gasteiger charge is 2.14. The number of rotatable bonds is 3. The highest BCUT2D eigenvalue weighted by atomic mass is 32.1. The molecule has 0 unspecified atom stereocenters. The molecular formula is C9H14N4O3S. The molecule has 1 rings (SSSR count). The third-order valence-corrected chi connectivity index (χ3v) is 2.88. The number of hydrogen-bond donors (Lipinski definition) is 1. The minimum atomic E-state index is -0.487. The number of nitrogens with zero attached hydrogens (tertiary/aromatic N) is 3. The number of nitrogens with one attached hydrogen (secondary N) is 1. The monoisotopic (exact) mass is 258 g/mol. The molecule has 1 aromatic rings. The molecule has 0 atom stereocenters. The van der Waals surface area contributed by atoms with Crippen LogP contribution in [0.4, 0.5) is 9.80 Å². The quantitative estimate of drug-likeness (QED) is 0.660. The maximum atomic E-state index is 11.3. The molecule has 0 bridgehead atoms. The van der Waals surface area contributed by atoms with Crippen LogP contribution in [-0.2, 0) is 0 Å². The van der Waals surface area contributed by atoms with Crippen LogP contribution >= 0.6 is 11.3 Å². The number of thiazole rings is 1. The van der Waals surface area contributed by atoms with Gasteiger partial charge in [-0.2, -0.15) is 4.99 Å². The van der Waals surface area contributed by atoms with Crippen molar-refractivity contribution < 1.29 is 9.72 Å². The summed E-state index contributed by atoms with van der Waals surface area (Å²) < 4.78 is 1.61. The van der Waals surface area contributed by atoms with E-state index in [1.165, 1.54) is 6.20 Å². The Labute approximate surface area is 102 Å². The molecule has 8 heteroatoms. The number of aromatic nitrogens is 1. The Balaban J connectivity index is 3.21. The second-order valence-electron chi connectivity index (χ2n) is 3.56. The summed E-state index contributed by atoms with van der Waals surface area (Å²) in [7, 11) is 0. The number of carbonyl (C=O) groups is 1. The molecule has 0 spiro atoms. The van der Waals surface area contributed by atoms with Crippen molar-refractivity contribution in [3.8, 4) is 0 Å². The van der Waals surface area contributed by atoms with Gasteiger partial charge in [-0.15, -0.1) is 0 Å². The lowest BCUT2D eigenvalue weighted by molar-refractivity contribution is -0.380. The predicted octanol–water partition coefficient (Wildman–Crippen LogP) is 1.67. The Morgan fingerprint density at radius 1 is 1.71 bits per heavy atom. The number of amides is 2. The van der Waals surface area contributed by atoms with Crippen molar-refractivity contribution in [1.29, 1.82) is 0 Å². The zero-order valence-corrected chi connectivity index (χ0v) is 10.7. The fourth-order valence-corrected chi connectivity index (χ4v) is 2.08. The molecule has 0 aromatic carbocycles. The summed E-state index contributed by atoms with van der Waals surface area (Å²) in [5.41, 5.74) is 0. The summed E-state index contributed by atoms with van der Waals surface area (Å²) in [4.78, 5) is 25.6. The van der Waals surface area contributed by atoms with Gasteiger partial charge in [0.05, 0.1) is 11.1 Å². The van der Waals surface area contributed by atoms with Gasteiger partial charge in [0, 0.05) is 12.6 Å². The Kier molecular flexibility index (Phi) is 4.38. The molecule has 0 aliphatic heterocycles. The van der Waals surface area contributed by atoms with E-state index in [-0.39, 0.29) is 11.0 Å². The smallest absolute Gasteiger partial charge is 0.336 e. The van der Waals surface area contributed by atoms with E-state index in [2.05, 4.69) is 10.3 Å². The SMILES string of the molecule is CCNC(=O)N=c1sc([N+](=O)[O-])cn1C(C)C. The zero-order chi connectivity index (χ0) is 13.0. The lowest BCUT2D eigenvalue weighted by Crippen LogP contribution is -2.24. The predicted molar refractivity (Wildman–Crippen MR) is 64.0 cm³/mol. The molecule has 0 saturated carbocycles. The van der Waals surface area contributed by atoms with Crippen molar-refractivity contribution in [2.75, 3.05) is 6.54 Å². The van der Waals surface area contributed by atoms with Crippen LogP contribution in [0, 0.1) is 10.1 Å². The normalized spacial score (nSPS) is 11.9. The Morgan fingerprint density at radius 3 is 2.82 bits per heavy atom. The molecule has 0 radical (unpaired) electrons. The first-order valence-electron chi connectivity index (χ1n) is 5.14. The van der Waals surface area contributed by atoms with Gasteiger partial charge in [-0.25, -0.2) is 4.79 Å². The summed E-state index contributed by atoms with van der Waals surface area (Å²) >= 11 is 0.887. The molecule has 2 amide bonds. The van der Waals surface area contributed by atoms with Gasteiger partial charge in [0.15, 0.2) is 0 Å². The van der Waals surface area contributed by atoms with Crippen molar-refractivity contribution in [2.45, 2.75) is 26.8 Å². The number of urea groups is 1. The van der Waals surface area contributed by atoms with Gasteiger partial charge >= 0.3 is 11.0 Å². The summed E-state index contributed by atoms with van der Waals surface area (Å²) in [5, 5.41) is 13.2. The zero-order valence-electron chi connectivity index (χ0n) is 9.84. The van der Waals surface area contributed by atoms with Gasteiger partial charge in [-0.1, -0.05) is 0 Å². The standard InChI is InChI=1S/C9H14N4O3S/c1-4-10-8(14)11-9-12(6(2)3)5-7(17-9)13(15)16/h5-6H,4H2,1-3H3,(H,10,14). The fourth-order valence-electron chi connectivity index (χ4n) is 1.16. The van der Waals surface area contributed by atoms with E-state index < -0.39 is 11.0 Å². The average Bonchev–Trinajstić information content (AvgIpc) is 2.62. The van der Waals surface area contributed by atoms with E-state index in [0.29, 0.717) is 11.3 Å². The van der Waals surface area contributed by atoms with Gasteiger partial charge < -0.3 is 9.88 Å². The highest BCUT2D eigenvalue weighted by molar-refractivity contribution is 7.12. The topological polar surface area (TPSA) is 89.5 Å². The summed E-state index contributed by atoms with van der Waals surface area (Å²) in [6, 6.07) is -0.480. The van der Waals surface area contributed by atoms with Crippen LogP contribution in [0.2, 0.25) is 0 Å². The summed E-state index contributed by atoms with van der Waals surface area (Å²) in [5.74, 6) is 0. The molecule has 1 N–H and O–H groups in total. The summed E-state index contributed by atoms with van der Waals surface area (Å²) in [6.07, 6.45) is 1.40. The maximum absolute atomic E-state index is 11.3. The van der Waals surface area contributed by atoms with Gasteiger partial charge in [0.2, 0.25) is 4.80 Å². The van der Waals surface area contributed by atoms with Crippen LogP contribution < -0.4 is 10.1 Å². The van der Waals surface area contributed by atoms with Crippen molar-refractivity contribution >= 4 is 22.4 Å². The molecule has 0 saturated heterocycles. The lowest BCUT2D eigenvalue weighted by atomic mass is 10.4. The first-order valence-corrected chi connectivity index (χ1v) is 5.96. The molecule has 0 fully saturated rings. The molecule has 94 valence electrons. The molecular weight excluding hydrogens is 244 g/mol. The van der Waals surface area contributed by atoms with Crippen LogP contribution in [0.5, 0.6) is 0 Å². The third-order valence-electron chi connectivity index (χ3n) is 1.93. The second-order valence-corrected chi connectivity index (χ2v) is 4.54. The maximum Gasteiger partial charge on any atom is 0.343 e. The summed E-state index contributed by atoms with van der Waals surface area (Å²) in [6.45, 7) is 5.98. The number of hydrogen-bond acceptors (Lipinski definition) is 4. The number of carbonyl (C=O) groups excluding carboxylic acids is 1. The number of nitro groups is 1. The van der Waals surface area contributed by atoms with E-state index in [9.17, 15) is 14.9 Å². The minimum Gasteiger partial charge on any atom is -0.336 e. The van der Waals surface area contributed by atoms with Crippen LogP contribution in [0.3, 0.4) is 0 Å². The van der Waals surface area contributed by atoms with Crippen molar-refractivity contribution in [3.63, 3.8) is 0 Å². The van der Waals surface area contributed by atoms with E-state index in [1.807, 2.05) is 13.8 Å². The lowest BCUT2D eigenvalue weighted by Gasteiger charge is -2.04.